The highest BCUT2D eigenvalue weighted by molar-refractivity contribution is 9.11. The third kappa shape index (κ3) is 3.09. The van der Waals surface area contributed by atoms with Gasteiger partial charge in [-0.3, -0.25) is 0 Å². The molecule has 2 nitrogen and oxygen atoms in total. The summed E-state index contributed by atoms with van der Waals surface area (Å²) in [5, 5.41) is 8.66. The van der Waals surface area contributed by atoms with Gasteiger partial charge in [0.1, 0.15) is 0 Å². The topological polar surface area (TPSA) is 46.2 Å². The lowest BCUT2D eigenvalue weighted by atomic mass is 10.3. The second-order valence-electron chi connectivity index (χ2n) is 1.93. The molecule has 0 aliphatic heterocycles. The second-order valence-corrected chi connectivity index (χ2v) is 4.43. The molecule has 0 radical (unpaired) electrons. The summed E-state index contributed by atoms with van der Waals surface area (Å²) in [5.41, 5.74) is 5.55. The van der Waals surface area contributed by atoms with Gasteiger partial charge in [0, 0.05) is 4.88 Å². The number of thiophene rings is 1. The maximum atomic E-state index is 8.66. The molecule has 0 saturated heterocycles. The number of aliphatic hydroxyl groups excluding tert-OH is 1. The lowest BCUT2D eigenvalue weighted by molar-refractivity contribution is 0.269. The molecule has 11 heavy (non-hydrogen) atoms. The summed E-state index contributed by atoms with van der Waals surface area (Å²) in [6.07, 6.45) is 0. The molecule has 0 spiro atoms. The van der Waals surface area contributed by atoms with Crippen molar-refractivity contribution in [2.24, 2.45) is 5.73 Å². The van der Waals surface area contributed by atoms with Crippen molar-refractivity contribution in [3.05, 3.63) is 20.8 Å². The van der Waals surface area contributed by atoms with Crippen LogP contribution in [0.1, 0.15) is 10.9 Å². The Balaban J connectivity index is 0.000001000. The van der Waals surface area contributed by atoms with Crippen LogP contribution in [0, 0.1) is 0 Å². The predicted octanol–water partition coefficient (Wildman–Crippen LogP) is 1.92. The van der Waals surface area contributed by atoms with Crippen molar-refractivity contribution < 1.29 is 5.11 Å². The van der Waals surface area contributed by atoms with E-state index in [2.05, 4.69) is 15.9 Å². The Hall–Kier alpha value is 0.390. The van der Waals surface area contributed by atoms with Gasteiger partial charge in [0.25, 0.3) is 0 Å². The number of nitrogens with two attached hydrogens (primary N) is 1. The lowest BCUT2D eigenvalue weighted by Crippen LogP contribution is -2.12. The van der Waals surface area contributed by atoms with E-state index in [9.17, 15) is 0 Å². The van der Waals surface area contributed by atoms with Gasteiger partial charge in [-0.05, 0) is 28.1 Å². The van der Waals surface area contributed by atoms with Gasteiger partial charge in [-0.25, -0.2) is 0 Å². The van der Waals surface area contributed by atoms with Crippen LogP contribution < -0.4 is 5.73 Å². The molecule has 0 unspecified atom stereocenters. The number of hydrogen-bond acceptors (Lipinski definition) is 3. The molecular formula is C6H9BrClNOS. The molecular weight excluding hydrogens is 249 g/mol. The van der Waals surface area contributed by atoms with Crippen molar-refractivity contribution in [2.75, 3.05) is 6.61 Å². The molecule has 0 aliphatic rings. The smallest absolute Gasteiger partial charge is 0.0702 e. The Morgan fingerprint density at radius 1 is 1.64 bits per heavy atom. The molecule has 1 aromatic heterocycles. The quantitative estimate of drug-likeness (QED) is 0.851. The van der Waals surface area contributed by atoms with Gasteiger partial charge < -0.3 is 10.8 Å². The zero-order valence-corrected chi connectivity index (χ0v) is 8.88. The van der Waals surface area contributed by atoms with Crippen LogP contribution in [-0.4, -0.2) is 11.7 Å². The molecule has 1 rings (SSSR count). The van der Waals surface area contributed by atoms with E-state index in [1.54, 1.807) is 11.3 Å². The van der Waals surface area contributed by atoms with E-state index in [1.165, 1.54) is 0 Å². The second kappa shape index (κ2) is 5.11. The number of rotatable bonds is 2. The van der Waals surface area contributed by atoms with Crippen molar-refractivity contribution in [1.29, 1.82) is 0 Å². The van der Waals surface area contributed by atoms with E-state index < -0.39 is 0 Å². The van der Waals surface area contributed by atoms with E-state index >= 15 is 0 Å². The molecule has 0 saturated carbocycles. The molecule has 0 amide bonds. The highest BCUT2D eigenvalue weighted by Crippen LogP contribution is 2.25. The van der Waals surface area contributed by atoms with Crippen LogP contribution in [0.2, 0.25) is 0 Å². The van der Waals surface area contributed by atoms with Gasteiger partial charge in [-0.1, -0.05) is 0 Å². The molecule has 1 heterocycles. The van der Waals surface area contributed by atoms with Gasteiger partial charge in [0.15, 0.2) is 0 Å². The normalized spacial score (nSPS) is 12.3. The summed E-state index contributed by atoms with van der Waals surface area (Å²) in [4.78, 5) is 1.01. The zero-order valence-electron chi connectivity index (χ0n) is 5.66. The summed E-state index contributed by atoms with van der Waals surface area (Å²) >= 11 is 4.86. The lowest BCUT2D eigenvalue weighted by Gasteiger charge is -2.02. The minimum absolute atomic E-state index is 0. The van der Waals surface area contributed by atoms with Crippen LogP contribution in [0.4, 0.5) is 0 Å². The maximum absolute atomic E-state index is 8.66. The Labute approximate surface area is 84.0 Å². The fourth-order valence-corrected chi connectivity index (χ4v) is 2.03. The summed E-state index contributed by atoms with van der Waals surface area (Å²) in [7, 11) is 0. The monoisotopic (exact) mass is 257 g/mol. The fraction of sp³-hybridized carbons (Fsp3) is 0.333. The van der Waals surface area contributed by atoms with Gasteiger partial charge in [0.05, 0.1) is 16.4 Å². The van der Waals surface area contributed by atoms with E-state index in [0.29, 0.717) is 0 Å². The zero-order chi connectivity index (χ0) is 7.56. The van der Waals surface area contributed by atoms with Crippen molar-refractivity contribution in [1.82, 2.24) is 0 Å². The first-order valence-corrected chi connectivity index (χ1v) is 4.46. The van der Waals surface area contributed by atoms with Gasteiger partial charge in [-0.2, -0.15) is 0 Å². The molecule has 3 N–H and O–H groups in total. The predicted molar refractivity (Wildman–Crippen MR) is 53.3 cm³/mol. The minimum atomic E-state index is -0.226. The highest BCUT2D eigenvalue weighted by Gasteiger charge is 2.05. The molecule has 1 atom stereocenters. The Morgan fingerprint density at radius 2 is 2.27 bits per heavy atom. The van der Waals surface area contributed by atoms with Gasteiger partial charge in [0.2, 0.25) is 0 Å². The van der Waals surface area contributed by atoms with Gasteiger partial charge >= 0.3 is 0 Å². The van der Waals surface area contributed by atoms with Gasteiger partial charge in [-0.15, -0.1) is 23.7 Å². The minimum Gasteiger partial charge on any atom is -0.394 e. The Bertz CT molecular complexity index is 218. The van der Waals surface area contributed by atoms with E-state index in [4.69, 9.17) is 10.8 Å². The molecule has 0 bridgehead atoms. The van der Waals surface area contributed by atoms with Crippen molar-refractivity contribution in [3.8, 4) is 0 Å². The first kappa shape index (κ1) is 11.4. The first-order valence-electron chi connectivity index (χ1n) is 2.85. The van der Waals surface area contributed by atoms with Crippen LogP contribution in [0.25, 0.3) is 0 Å². The Kier molecular flexibility index (Phi) is 5.29. The Morgan fingerprint density at radius 3 is 2.64 bits per heavy atom. The summed E-state index contributed by atoms with van der Waals surface area (Å²) in [5.74, 6) is 0. The van der Waals surface area contributed by atoms with Crippen LogP contribution >= 0.6 is 39.7 Å². The van der Waals surface area contributed by atoms with Crippen LogP contribution in [0.3, 0.4) is 0 Å². The summed E-state index contributed by atoms with van der Waals surface area (Å²) in [6, 6.07) is 3.61. The molecule has 5 heteroatoms. The molecule has 0 aliphatic carbocycles. The third-order valence-electron chi connectivity index (χ3n) is 1.16. The average molecular weight is 259 g/mol. The standard InChI is InChI=1S/C6H8BrNOS.ClH/c7-6-2-1-5(10-6)4(8)3-9;/h1-2,4,9H,3,8H2;1H/t4-;/m1./s1. The van der Waals surface area contributed by atoms with E-state index in [-0.39, 0.29) is 25.1 Å². The van der Waals surface area contributed by atoms with Crippen molar-refractivity contribution in [3.63, 3.8) is 0 Å². The van der Waals surface area contributed by atoms with Crippen molar-refractivity contribution in [2.45, 2.75) is 6.04 Å². The number of aliphatic hydroxyl groups is 1. The molecule has 0 aromatic carbocycles. The number of hydrogen-bond donors (Lipinski definition) is 2. The first-order chi connectivity index (χ1) is 4.74. The SMILES string of the molecule is Cl.N[C@H](CO)c1ccc(Br)s1. The van der Waals surface area contributed by atoms with Crippen LogP contribution in [0.15, 0.2) is 15.9 Å². The summed E-state index contributed by atoms with van der Waals surface area (Å²) < 4.78 is 1.05. The van der Waals surface area contributed by atoms with Crippen LogP contribution in [0.5, 0.6) is 0 Å². The fourth-order valence-electron chi connectivity index (χ4n) is 0.618. The molecule has 0 fully saturated rings. The number of halogens is 2. The molecule has 64 valence electrons. The van der Waals surface area contributed by atoms with E-state index in [0.717, 1.165) is 8.66 Å². The third-order valence-corrected chi connectivity index (χ3v) is 2.91. The highest BCUT2D eigenvalue weighted by atomic mass is 79.9. The average Bonchev–Trinajstić information content (AvgIpc) is 2.34. The summed E-state index contributed by atoms with van der Waals surface area (Å²) in [6.45, 7) is 0.00690. The van der Waals surface area contributed by atoms with Crippen LogP contribution in [-0.2, 0) is 0 Å². The molecule has 1 aromatic rings. The van der Waals surface area contributed by atoms with Crippen molar-refractivity contribution >= 4 is 39.7 Å². The van der Waals surface area contributed by atoms with E-state index in [1.807, 2.05) is 12.1 Å². The maximum Gasteiger partial charge on any atom is 0.0702 e. The largest absolute Gasteiger partial charge is 0.394 e.